The lowest BCUT2D eigenvalue weighted by atomic mass is 10.2. The highest BCUT2D eigenvalue weighted by Gasteiger charge is 2.31. The summed E-state index contributed by atoms with van der Waals surface area (Å²) in [6.45, 7) is 2.60. The molecule has 0 atom stereocenters. The molecule has 1 rings (SSSR count). The molecular weight excluding hydrogens is 235 g/mol. The first kappa shape index (κ1) is 13.6. The highest BCUT2D eigenvalue weighted by atomic mass is 19.4. The number of benzene rings is 1. The lowest BCUT2D eigenvalue weighted by Crippen LogP contribution is -2.17. The molecule has 0 spiro atoms. The van der Waals surface area contributed by atoms with Crippen LogP contribution in [0.25, 0.3) is 0 Å². The smallest absolute Gasteiger partial charge is 0.493 e. The number of aryl methyl sites for hydroxylation is 1. The molecule has 6 heteroatoms. The van der Waals surface area contributed by atoms with Crippen LogP contribution in [0.15, 0.2) is 18.2 Å². The topological polar surface area (TPSA) is 44.5 Å². The van der Waals surface area contributed by atoms with E-state index in [0.29, 0.717) is 30.9 Å². The second-order valence-corrected chi connectivity index (χ2v) is 3.47. The van der Waals surface area contributed by atoms with Crippen molar-refractivity contribution < 1.29 is 22.6 Å². The maximum atomic E-state index is 12.0. The summed E-state index contributed by atoms with van der Waals surface area (Å²) < 4.78 is 45.0. The van der Waals surface area contributed by atoms with Crippen LogP contribution in [0.1, 0.15) is 12.0 Å². The van der Waals surface area contributed by atoms with E-state index in [9.17, 15) is 13.2 Å². The zero-order valence-electron chi connectivity index (χ0n) is 9.38. The molecule has 96 valence electrons. The molecular formula is C11H14F3NO2. The van der Waals surface area contributed by atoms with Crippen LogP contribution in [0.5, 0.6) is 11.5 Å². The summed E-state index contributed by atoms with van der Waals surface area (Å²) in [6, 6.07) is 3.95. The van der Waals surface area contributed by atoms with Gasteiger partial charge in [0.1, 0.15) is 11.5 Å². The molecule has 0 amide bonds. The van der Waals surface area contributed by atoms with Gasteiger partial charge in [-0.2, -0.15) is 0 Å². The highest BCUT2D eigenvalue weighted by Crippen LogP contribution is 2.27. The quantitative estimate of drug-likeness (QED) is 0.816. The molecule has 0 radical (unpaired) electrons. The van der Waals surface area contributed by atoms with Gasteiger partial charge >= 0.3 is 6.36 Å². The van der Waals surface area contributed by atoms with Gasteiger partial charge in [-0.25, -0.2) is 0 Å². The van der Waals surface area contributed by atoms with E-state index in [1.165, 1.54) is 18.2 Å². The Morgan fingerprint density at radius 1 is 1.29 bits per heavy atom. The summed E-state index contributed by atoms with van der Waals surface area (Å²) in [4.78, 5) is 0. The third kappa shape index (κ3) is 4.95. The largest absolute Gasteiger partial charge is 0.573 e. The summed E-state index contributed by atoms with van der Waals surface area (Å²) in [5.41, 5.74) is 5.89. The standard InChI is InChI=1S/C11H14F3NO2/c1-8-7-9(17-11(12,13)14)3-4-10(8)16-6-2-5-15/h3-4,7H,2,5-6,15H2,1H3. The molecule has 1 aromatic rings. The number of ether oxygens (including phenoxy) is 2. The van der Waals surface area contributed by atoms with Gasteiger partial charge in [0.15, 0.2) is 0 Å². The van der Waals surface area contributed by atoms with Gasteiger partial charge < -0.3 is 15.2 Å². The van der Waals surface area contributed by atoms with Crippen LogP contribution in [-0.4, -0.2) is 19.5 Å². The van der Waals surface area contributed by atoms with Crippen molar-refractivity contribution in [2.24, 2.45) is 5.73 Å². The third-order valence-corrected chi connectivity index (χ3v) is 1.99. The number of nitrogens with two attached hydrogens (primary N) is 1. The van der Waals surface area contributed by atoms with Gasteiger partial charge in [0.25, 0.3) is 0 Å². The molecule has 0 fully saturated rings. The first-order valence-electron chi connectivity index (χ1n) is 5.11. The van der Waals surface area contributed by atoms with E-state index in [1.54, 1.807) is 6.92 Å². The van der Waals surface area contributed by atoms with E-state index in [-0.39, 0.29) is 5.75 Å². The van der Waals surface area contributed by atoms with Crippen LogP contribution in [0.2, 0.25) is 0 Å². The van der Waals surface area contributed by atoms with Gasteiger partial charge in [-0.15, -0.1) is 13.2 Å². The summed E-state index contributed by atoms with van der Waals surface area (Å²) in [5, 5.41) is 0. The van der Waals surface area contributed by atoms with Crippen molar-refractivity contribution >= 4 is 0 Å². The average Bonchev–Trinajstić information content (AvgIpc) is 2.19. The normalized spacial score (nSPS) is 11.4. The molecule has 0 aliphatic carbocycles. The van der Waals surface area contributed by atoms with Crippen LogP contribution in [0.4, 0.5) is 13.2 Å². The van der Waals surface area contributed by atoms with Gasteiger partial charge in [-0.3, -0.25) is 0 Å². The van der Waals surface area contributed by atoms with E-state index in [0.717, 1.165) is 0 Å². The van der Waals surface area contributed by atoms with Crippen molar-refractivity contribution in [3.8, 4) is 11.5 Å². The van der Waals surface area contributed by atoms with E-state index < -0.39 is 6.36 Å². The fourth-order valence-electron chi connectivity index (χ4n) is 1.25. The Labute approximate surface area is 97.3 Å². The predicted molar refractivity (Wildman–Crippen MR) is 57.0 cm³/mol. The minimum absolute atomic E-state index is 0.249. The third-order valence-electron chi connectivity index (χ3n) is 1.99. The molecule has 0 bridgehead atoms. The van der Waals surface area contributed by atoms with Gasteiger partial charge in [0.2, 0.25) is 0 Å². The lowest BCUT2D eigenvalue weighted by Gasteiger charge is -2.12. The maximum Gasteiger partial charge on any atom is 0.573 e. The molecule has 0 aliphatic heterocycles. The van der Waals surface area contributed by atoms with Crippen molar-refractivity contribution in [3.05, 3.63) is 23.8 Å². The second kappa shape index (κ2) is 5.77. The Morgan fingerprint density at radius 3 is 2.53 bits per heavy atom. The maximum absolute atomic E-state index is 12.0. The molecule has 0 saturated carbocycles. The molecule has 0 heterocycles. The fraction of sp³-hybridized carbons (Fsp3) is 0.455. The van der Waals surface area contributed by atoms with Gasteiger partial charge in [-0.1, -0.05) is 0 Å². The summed E-state index contributed by atoms with van der Waals surface area (Å²) in [7, 11) is 0. The van der Waals surface area contributed by atoms with Crippen LogP contribution >= 0.6 is 0 Å². The lowest BCUT2D eigenvalue weighted by molar-refractivity contribution is -0.274. The SMILES string of the molecule is Cc1cc(OC(F)(F)F)ccc1OCCCN. The molecule has 0 aromatic heterocycles. The van der Waals surface area contributed by atoms with Crippen molar-refractivity contribution in [1.82, 2.24) is 0 Å². The van der Waals surface area contributed by atoms with E-state index >= 15 is 0 Å². The Balaban J connectivity index is 2.66. The number of rotatable bonds is 5. The summed E-state index contributed by atoms with van der Waals surface area (Å²) in [5.74, 6) is 0.286. The van der Waals surface area contributed by atoms with Crippen molar-refractivity contribution in [3.63, 3.8) is 0 Å². The van der Waals surface area contributed by atoms with Crippen LogP contribution in [-0.2, 0) is 0 Å². The van der Waals surface area contributed by atoms with Gasteiger partial charge in [0, 0.05) is 0 Å². The van der Waals surface area contributed by atoms with Crippen molar-refractivity contribution in [2.45, 2.75) is 19.7 Å². The van der Waals surface area contributed by atoms with E-state index in [2.05, 4.69) is 4.74 Å². The Hall–Kier alpha value is -1.43. The Kier molecular flexibility index (Phi) is 4.62. The molecule has 0 unspecified atom stereocenters. The van der Waals surface area contributed by atoms with Crippen LogP contribution < -0.4 is 15.2 Å². The molecule has 0 saturated heterocycles. The van der Waals surface area contributed by atoms with Gasteiger partial charge in [0.05, 0.1) is 6.61 Å². The van der Waals surface area contributed by atoms with Crippen molar-refractivity contribution in [2.75, 3.05) is 13.2 Å². The zero-order chi connectivity index (χ0) is 12.9. The molecule has 1 aromatic carbocycles. The van der Waals surface area contributed by atoms with Crippen LogP contribution in [0, 0.1) is 6.92 Å². The minimum atomic E-state index is -4.67. The first-order valence-corrected chi connectivity index (χ1v) is 5.11. The fourth-order valence-corrected chi connectivity index (χ4v) is 1.25. The predicted octanol–water partition coefficient (Wildman–Crippen LogP) is 2.62. The monoisotopic (exact) mass is 249 g/mol. The molecule has 0 aliphatic rings. The Morgan fingerprint density at radius 2 is 2.00 bits per heavy atom. The second-order valence-electron chi connectivity index (χ2n) is 3.47. The van der Waals surface area contributed by atoms with E-state index in [4.69, 9.17) is 10.5 Å². The van der Waals surface area contributed by atoms with Crippen LogP contribution in [0.3, 0.4) is 0 Å². The molecule has 17 heavy (non-hydrogen) atoms. The number of hydrogen-bond acceptors (Lipinski definition) is 3. The average molecular weight is 249 g/mol. The Bertz CT molecular complexity index is 366. The molecule has 3 nitrogen and oxygen atoms in total. The van der Waals surface area contributed by atoms with Gasteiger partial charge in [-0.05, 0) is 43.7 Å². The number of halogens is 3. The molecule has 2 N–H and O–H groups in total. The first-order chi connectivity index (χ1) is 7.92. The number of alkyl halides is 3. The van der Waals surface area contributed by atoms with E-state index in [1.807, 2.05) is 0 Å². The minimum Gasteiger partial charge on any atom is -0.493 e. The highest BCUT2D eigenvalue weighted by molar-refractivity contribution is 5.39. The summed E-state index contributed by atoms with van der Waals surface area (Å²) in [6.07, 6.45) is -3.98. The number of hydrogen-bond donors (Lipinski definition) is 1. The summed E-state index contributed by atoms with van der Waals surface area (Å²) >= 11 is 0. The van der Waals surface area contributed by atoms with Crippen molar-refractivity contribution in [1.29, 1.82) is 0 Å². The zero-order valence-corrected chi connectivity index (χ0v) is 9.38.